The average Bonchev–Trinajstić information content (AvgIpc) is 2.69. The van der Waals surface area contributed by atoms with E-state index in [1.807, 2.05) is 0 Å². The van der Waals surface area contributed by atoms with E-state index in [0.717, 1.165) is 16.8 Å². The lowest BCUT2D eigenvalue weighted by atomic mass is 10.1. The van der Waals surface area contributed by atoms with Crippen molar-refractivity contribution < 1.29 is 22.8 Å². The normalized spacial score (nSPS) is 11.2. The monoisotopic (exact) mass is 464 g/mol. The molecule has 0 radical (unpaired) electrons. The molecule has 0 aliphatic carbocycles. The molecule has 32 heavy (non-hydrogen) atoms. The van der Waals surface area contributed by atoms with Crippen LogP contribution in [0.2, 0.25) is 5.02 Å². The number of anilines is 2. The second-order valence-electron chi connectivity index (χ2n) is 6.76. The van der Waals surface area contributed by atoms with Gasteiger partial charge in [-0.3, -0.25) is 14.4 Å². The number of nitrogens with one attached hydrogen (secondary N) is 2. The van der Waals surface area contributed by atoms with Gasteiger partial charge in [-0.1, -0.05) is 23.7 Å². The molecule has 1 heterocycles. The highest BCUT2D eigenvalue weighted by atomic mass is 35.5. The molecule has 0 unspecified atom stereocenters. The molecule has 3 aromatic rings. The van der Waals surface area contributed by atoms with E-state index in [1.54, 1.807) is 0 Å². The van der Waals surface area contributed by atoms with Crippen molar-refractivity contribution in [2.24, 2.45) is 0 Å². The molecular weight excluding hydrogens is 449 g/mol. The minimum Gasteiger partial charge on any atom is -0.326 e. The minimum absolute atomic E-state index is 0.0689. The Labute approximate surface area is 184 Å². The zero-order chi connectivity index (χ0) is 23.6. The maximum absolute atomic E-state index is 13.4. The summed E-state index contributed by atoms with van der Waals surface area (Å²) in [5.74, 6) is -1.27. The van der Waals surface area contributed by atoms with Crippen molar-refractivity contribution in [3.05, 3.63) is 80.7 Å². The topological polar surface area (TPSA) is 93.1 Å². The van der Waals surface area contributed by atoms with Crippen LogP contribution in [0.1, 0.15) is 28.7 Å². The van der Waals surface area contributed by atoms with Gasteiger partial charge in [0.15, 0.2) is 5.69 Å². The molecule has 0 aliphatic heterocycles. The smallest absolute Gasteiger partial charge is 0.326 e. The summed E-state index contributed by atoms with van der Waals surface area (Å²) in [4.78, 5) is 36.2. The number of hydrogen-bond acceptors (Lipinski definition) is 4. The number of alkyl halides is 3. The zero-order valence-corrected chi connectivity index (χ0v) is 17.5. The number of benzene rings is 2. The first-order chi connectivity index (χ1) is 15.0. The second kappa shape index (κ2) is 8.83. The summed E-state index contributed by atoms with van der Waals surface area (Å²) in [7, 11) is 0. The number of rotatable bonds is 4. The number of nitrogens with zero attached hydrogens (tertiary/aromatic N) is 2. The Hall–Kier alpha value is -3.66. The quantitative estimate of drug-likeness (QED) is 0.597. The van der Waals surface area contributed by atoms with Crippen molar-refractivity contribution in [2.45, 2.75) is 20.0 Å². The van der Waals surface area contributed by atoms with Gasteiger partial charge in [-0.15, -0.1) is 0 Å². The number of hydrogen-bond donors (Lipinski definition) is 2. The Morgan fingerprint density at radius 2 is 1.75 bits per heavy atom. The molecule has 3 rings (SSSR count). The maximum Gasteiger partial charge on any atom is 0.418 e. The molecule has 0 saturated carbocycles. The maximum atomic E-state index is 13.4. The van der Waals surface area contributed by atoms with Crippen LogP contribution in [0.5, 0.6) is 0 Å². The fourth-order valence-corrected chi connectivity index (χ4v) is 3.15. The van der Waals surface area contributed by atoms with Crippen molar-refractivity contribution in [1.82, 2.24) is 9.78 Å². The van der Waals surface area contributed by atoms with Crippen LogP contribution in [0.4, 0.5) is 24.5 Å². The van der Waals surface area contributed by atoms with E-state index in [4.69, 9.17) is 11.6 Å². The van der Waals surface area contributed by atoms with Crippen LogP contribution in [0, 0.1) is 6.92 Å². The summed E-state index contributed by atoms with van der Waals surface area (Å²) in [6.45, 7) is 2.72. The van der Waals surface area contributed by atoms with Gasteiger partial charge in [-0.25, -0.2) is 4.68 Å². The first kappa shape index (κ1) is 23.0. The number of carbonyl (C=O) groups is 2. The van der Waals surface area contributed by atoms with Crippen molar-refractivity contribution >= 4 is 34.8 Å². The molecule has 0 aliphatic rings. The summed E-state index contributed by atoms with van der Waals surface area (Å²) in [6.07, 6.45) is -4.67. The first-order valence-electron chi connectivity index (χ1n) is 9.13. The van der Waals surface area contributed by atoms with Crippen LogP contribution in [-0.4, -0.2) is 21.6 Å². The molecule has 0 spiro atoms. The predicted molar refractivity (Wildman–Crippen MR) is 113 cm³/mol. The Bertz CT molecular complexity index is 1270. The van der Waals surface area contributed by atoms with E-state index in [2.05, 4.69) is 15.7 Å². The Kier molecular flexibility index (Phi) is 6.35. The third kappa shape index (κ3) is 4.97. The molecule has 0 atom stereocenters. The summed E-state index contributed by atoms with van der Waals surface area (Å²) < 4.78 is 41.2. The highest BCUT2D eigenvalue weighted by Gasteiger charge is 2.34. The molecular formula is C21H16ClF3N4O3. The third-order valence-corrected chi connectivity index (χ3v) is 4.61. The van der Waals surface area contributed by atoms with E-state index in [9.17, 15) is 27.6 Å². The summed E-state index contributed by atoms with van der Waals surface area (Å²) in [5.41, 5.74) is -2.07. The third-order valence-electron chi connectivity index (χ3n) is 4.30. The highest BCUT2D eigenvalue weighted by Crippen LogP contribution is 2.33. The van der Waals surface area contributed by atoms with Crippen LogP contribution in [0.3, 0.4) is 0 Å². The number of amides is 2. The van der Waals surface area contributed by atoms with Gasteiger partial charge in [0.1, 0.15) is 0 Å². The van der Waals surface area contributed by atoms with Gasteiger partial charge < -0.3 is 10.6 Å². The van der Waals surface area contributed by atoms with Crippen molar-refractivity contribution in [3.8, 4) is 5.69 Å². The molecule has 0 bridgehead atoms. The highest BCUT2D eigenvalue weighted by molar-refractivity contribution is 6.34. The lowest BCUT2D eigenvalue weighted by Crippen LogP contribution is -2.27. The van der Waals surface area contributed by atoms with Gasteiger partial charge >= 0.3 is 6.18 Å². The van der Waals surface area contributed by atoms with Crippen LogP contribution >= 0.6 is 11.6 Å². The molecule has 166 valence electrons. The molecule has 11 heteroatoms. The Morgan fingerprint density at radius 1 is 1.06 bits per heavy atom. The van der Waals surface area contributed by atoms with Crippen LogP contribution in [0.25, 0.3) is 5.69 Å². The molecule has 0 saturated heterocycles. The van der Waals surface area contributed by atoms with Gasteiger partial charge in [-0.2, -0.15) is 18.3 Å². The molecule has 2 aromatic carbocycles. The predicted octanol–water partition coefficient (Wildman–Crippen LogP) is 4.42. The fourth-order valence-electron chi connectivity index (χ4n) is 2.93. The number of aryl methyl sites for hydroxylation is 1. The molecule has 2 N–H and O–H groups in total. The zero-order valence-electron chi connectivity index (χ0n) is 16.7. The largest absolute Gasteiger partial charge is 0.418 e. The van der Waals surface area contributed by atoms with E-state index in [0.29, 0.717) is 5.69 Å². The summed E-state index contributed by atoms with van der Waals surface area (Å²) in [6, 6.07) is 9.97. The van der Waals surface area contributed by atoms with E-state index < -0.39 is 28.8 Å². The second-order valence-corrected chi connectivity index (χ2v) is 7.16. The summed E-state index contributed by atoms with van der Waals surface area (Å²) >= 11 is 6.11. The van der Waals surface area contributed by atoms with Crippen molar-refractivity contribution in [3.63, 3.8) is 0 Å². The van der Waals surface area contributed by atoms with Gasteiger partial charge in [-0.05, 0) is 37.3 Å². The fraction of sp³-hybridized carbons (Fsp3) is 0.143. The van der Waals surface area contributed by atoms with Crippen LogP contribution in [0.15, 0.2) is 53.3 Å². The molecule has 7 nitrogen and oxygen atoms in total. The van der Waals surface area contributed by atoms with E-state index in [1.165, 1.54) is 50.2 Å². The lowest BCUT2D eigenvalue weighted by Gasteiger charge is -2.16. The molecule has 0 fully saturated rings. The van der Waals surface area contributed by atoms with Crippen molar-refractivity contribution in [1.29, 1.82) is 0 Å². The number of halogens is 4. The Morgan fingerprint density at radius 3 is 2.38 bits per heavy atom. The van der Waals surface area contributed by atoms with Crippen LogP contribution < -0.4 is 16.1 Å². The van der Waals surface area contributed by atoms with Gasteiger partial charge in [0.25, 0.3) is 5.91 Å². The minimum atomic E-state index is -4.67. The Balaban J connectivity index is 2.00. The molecule has 1 aromatic heterocycles. The SMILES string of the molecule is CC(=O)Nc1ccc(NC(=O)c2nn(-c3ccccc3C(F)(F)F)c(C)cc2=O)c(Cl)c1. The lowest BCUT2D eigenvalue weighted by molar-refractivity contribution is -0.137. The average molecular weight is 465 g/mol. The van der Waals surface area contributed by atoms with Gasteiger partial charge in [0, 0.05) is 24.4 Å². The number of carbonyl (C=O) groups excluding carboxylic acids is 2. The first-order valence-corrected chi connectivity index (χ1v) is 9.51. The number of para-hydroxylation sites is 1. The number of aromatic nitrogens is 2. The summed E-state index contributed by atoms with van der Waals surface area (Å²) in [5, 5.41) is 8.89. The van der Waals surface area contributed by atoms with E-state index in [-0.39, 0.29) is 28.0 Å². The molecule has 2 amide bonds. The van der Waals surface area contributed by atoms with Gasteiger partial charge in [0.05, 0.1) is 22.0 Å². The standard InChI is InChI=1S/C21H16ClF3N4O3/c1-11-9-18(31)19(28-29(11)17-6-4-3-5-14(17)21(23,24)25)20(32)27-16-8-7-13(10-15(16)22)26-12(2)30/h3-10H,1-2H3,(H,26,30)(H,27,32). The van der Waals surface area contributed by atoms with Gasteiger partial charge in [0.2, 0.25) is 11.3 Å². The van der Waals surface area contributed by atoms with Crippen LogP contribution in [-0.2, 0) is 11.0 Å². The van der Waals surface area contributed by atoms with Crippen molar-refractivity contribution in [2.75, 3.05) is 10.6 Å². The van der Waals surface area contributed by atoms with E-state index >= 15 is 0 Å².